The standard InChI is InChI=1S/C23H25ClN4O2/c1-16(18-7-3-4-8-19(18)24)25-22(29)15-27-10-12-28(13-11-27)23(30)21-14-17-6-2-5-9-20(17)26-21/h2-9,14,16,26H,10-13,15H2,1H3,(H,25,29). The number of para-hydroxylation sites is 1. The van der Waals surface area contributed by atoms with Crippen LogP contribution in [0.4, 0.5) is 0 Å². The summed E-state index contributed by atoms with van der Waals surface area (Å²) in [6, 6.07) is 17.1. The number of benzene rings is 2. The van der Waals surface area contributed by atoms with E-state index in [-0.39, 0.29) is 17.9 Å². The molecule has 2 heterocycles. The maximum atomic E-state index is 12.8. The number of amides is 2. The highest BCUT2D eigenvalue weighted by Crippen LogP contribution is 2.22. The predicted octanol–water partition coefficient (Wildman–Crippen LogP) is 3.46. The van der Waals surface area contributed by atoms with Gasteiger partial charge in [-0.3, -0.25) is 14.5 Å². The average molecular weight is 425 g/mol. The van der Waals surface area contributed by atoms with Crippen molar-refractivity contribution >= 4 is 34.3 Å². The molecular weight excluding hydrogens is 400 g/mol. The third-order valence-corrected chi connectivity index (χ3v) is 5.88. The molecule has 4 rings (SSSR count). The number of halogens is 1. The van der Waals surface area contributed by atoms with E-state index in [0.29, 0.717) is 43.4 Å². The van der Waals surface area contributed by atoms with Crippen LogP contribution in [0.5, 0.6) is 0 Å². The maximum absolute atomic E-state index is 12.8. The van der Waals surface area contributed by atoms with Crippen LogP contribution in [0, 0.1) is 0 Å². The molecule has 7 heteroatoms. The number of nitrogens with zero attached hydrogens (tertiary/aromatic N) is 2. The number of fused-ring (bicyclic) bond motifs is 1. The summed E-state index contributed by atoms with van der Waals surface area (Å²) in [4.78, 5) is 32.4. The first kappa shape index (κ1) is 20.4. The van der Waals surface area contributed by atoms with Crippen molar-refractivity contribution in [2.24, 2.45) is 0 Å². The minimum absolute atomic E-state index is 0.00245. The number of aromatic amines is 1. The van der Waals surface area contributed by atoms with Crippen LogP contribution >= 0.6 is 11.6 Å². The summed E-state index contributed by atoms with van der Waals surface area (Å²) < 4.78 is 0. The van der Waals surface area contributed by atoms with Gasteiger partial charge in [0.15, 0.2) is 0 Å². The van der Waals surface area contributed by atoms with Gasteiger partial charge in [-0.05, 0) is 30.7 Å². The second-order valence-electron chi connectivity index (χ2n) is 7.65. The maximum Gasteiger partial charge on any atom is 0.270 e. The number of carbonyl (C=O) groups is 2. The molecule has 156 valence electrons. The van der Waals surface area contributed by atoms with Crippen LogP contribution in [0.3, 0.4) is 0 Å². The highest BCUT2D eigenvalue weighted by molar-refractivity contribution is 6.31. The predicted molar refractivity (Wildman–Crippen MR) is 119 cm³/mol. The Morgan fingerprint density at radius 2 is 1.77 bits per heavy atom. The highest BCUT2D eigenvalue weighted by atomic mass is 35.5. The second-order valence-corrected chi connectivity index (χ2v) is 8.06. The van der Waals surface area contributed by atoms with Gasteiger partial charge in [0.05, 0.1) is 12.6 Å². The van der Waals surface area contributed by atoms with Crippen molar-refractivity contribution in [1.29, 1.82) is 0 Å². The van der Waals surface area contributed by atoms with E-state index >= 15 is 0 Å². The lowest BCUT2D eigenvalue weighted by molar-refractivity contribution is -0.123. The summed E-state index contributed by atoms with van der Waals surface area (Å²) in [5.41, 5.74) is 2.47. The lowest BCUT2D eigenvalue weighted by Crippen LogP contribution is -2.51. The zero-order valence-corrected chi connectivity index (χ0v) is 17.7. The van der Waals surface area contributed by atoms with Gasteiger partial charge in [-0.1, -0.05) is 48.0 Å². The van der Waals surface area contributed by atoms with Gasteiger partial charge in [0.25, 0.3) is 5.91 Å². The van der Waals surface area contributed by atoms with E-state index in [2.05, 4.69) is 15.2 Å². The van der Waals surface area contributed by atoms with Crippen molar-refractivity contribution in [3.05, 3.63) is 70.9 Å². The quantitative estimate of drug-likeness (QED) is 0.659. The van der Waals surface area contributed by atoms with E-state index in [4.69, 9.17) is 11.6 Å². The van der Waals surface area contributed by atoms with E-state index in [9.17, 15) is 9.59 Å². The van der Waals surface area contributed by atoms with E-state index in [1.54, 1.807) is 0 Å². The number of aromatic nitrogens is 1. The molecule has 2 aromatic carbocycles. The molecular formula is C23H25ClN4O2. The lowest BCUT2D eigenvalue weighted by Gasteiger charge is -2.34. The Morgan fingerprint density at radius 3 is 2.50 bits per heavy atom. The fraction of sp³-hybridized carbons (Fsp3) is 0.304. The third-order valence-electron chi connectivity index (χ3n) is 5.54. The van der Waals surface area contributed by atoms with E-state index < -0.39 is 0 Å². The summed E-state index contributed by atoms with van der Waals surface area (Å²) in [6.07, 6.45) is 0. The molecule has 1 atom stereocenters. The smallest absolute Gasteiger partial charge is 0.270 e. The number of rotatable bonds is 5. The topological polar surface area (TPSA) is 68.4 Å². The van der Waals surface area contributed by atoms with Gasteiger partial charge in [-0.2, -0.15) is 0 Å². The minimum atomic E-state index is -0.156. The molecule has 1 saturated heterocycles. The number of hydrogen-bond acceptors (Lipinski definition) is 3. The molecule has 1 aliphatic heterocycles. The number of hydrogen-bond donors (Lipinski definition) is 2. The second kappa shape index (κ2) is 8.90. The van der Waals surface area contributed by atoms with E-state index in [1.807, 2.05) is 66.4 Å². The average Bonchev–Trinajstić information content (AvgIpc) is 3.18. The summed E-state index contributed by atoms with van der Waals surface area (Å²) in [7, 11) is 0. The minimum Gasteiger partial charge on any atom is -0.351 e. The highest BCUT2D eigenvalue weighted by Gasteiger charge is 2.24. The van der Waals surface area contributed by atoms with Crippen LogP contribution in [0.1, 0.15) is 29.0 Å². The van der Waals surface area contributed by atoms with Crippen molar-refractivity contribution < 1.29 is 9.59 Å². The summed E-state index contributed by atoms with van der Waals surface area (Å²) >= 11 is 6.21. The first-order valence-electron chi connectivity index (χ1n) is 10.1. The Hall–Kier alpha value is -2.83. The van der Waals surface area contributed by atoms with Crippen molar-refractivity contribution in [3.63, 3.8) is 0 Å². The van der Waals surface area contributed by atoms with Crippen molar-refractivity contribution in [2.75, 3.05) is 32.7 Å². The van der Waals surface area contributed by atoms with Crippen molar-refractivity contribution in [1.82, 2.24) is 20.1 Å². The summed E-state index contributed by atoms with van der Waals surface area (Å²) in [5.74, 6) is -0.0412. The fourth-order valence-corrected chi connectivity index (χ4v) is 4.16. The number of nitrogens with one attached hydrogen (secondary N) is 2. The van der Waals surface area contributed by atoms with Gasteiger partial charge in [-0.15, -0.1) is 0 Å². The Balaban J connectivity index is 1.28. The SMILES string of the molecule is CC(NC(=O)CN1CCN(C(=O)c2cc3ccccc3[nH]2)CC1)c1ccccc1Cl. The van der Waals surface area contributed by atoms with Gasteiger partial charge in [-0.25, -0.2) is 0 Å². The molecule has 30 heavy (non-hydrogen) atoms. The molecule has 3 aromatic rings. The molecule has 0 saturated carbocycles. The van der Waals surface area contributed by atoms with Gasteiger partial charge in [0.1, 0.15) is 5.69 Å². The largest absolute Gasteiger partial charge is 0.351 e. The Kier molecular flexibility index (Phi) is 6.06. The molecule has 1 fully saturated rings. The summed E-state index contributed by atoms with van der Waals surface area (Å²) in [6.45, 7) is 4.77. The zero-order chi connectivity index (χ0) is 21.1. The van der Waals surface area contributed by atoms with Crippen LogP contribution in [0.25, 0.3) is 10.9 Å². The third kappa shape index (κ3) is 4.50. The number of piperazine rings is 1. The fourth-order valence-electron chi connectivity index (χ4n) is 3.86. The van der Waals surface area contributed by atoms with Crippen LogP contribution in [-0.4, -0.2) is 59.3 Å². The molecule has 1 aromatic heterocycles. The molecule has 2 N–H and O–H groups in total. The van der Waals surface area contributed by atoms with E-state index in [0.717, 1.165) is 16.5 Å². The Labute approximate surface area is 180 Å². The summed E-state index contributed by atoms with van der Waals surface area (Å²) in [5, 5.41) is 4.69. The van der Waals surface area contributed by atoms with Crippen LogP contribution in [-0.2, 0) is 4.79 Å². The first-order valence-corrected chi connectivity index (χ1v) is 10.5. The molecule has 0 aliphatic carbocycles. The molecule has 0 spiro atoms. The number of H-pyrrole nitrogens is 1. The Bertz CT molecular complexity index is 1020. The molecule has 0 radical (unpaired) electrons. The van der Waals surface area contributed by atoms with Gasteiger partial charge < -0.3 is 15.2 Å². The van der Waals surface area contributed by atoms with Crippen molar-refractivity contribution in [3.8, 4) is 0 Å². The molecule has 1 unspecified atom stereocenters. The van der Waals surface area contributed by atoms with Gasteiger partial charge in [0, 0.05) is 42.1 Å². The van der Waals surface area contributed by atoms with Crippen LogP contribution < -0.4 is 5.32 Å². The van der Waals surface area contributed by atoms with Gasteiger partial charge in [0.2, 0.25) is 5.91 Å². The van der Waals surface area contributed by atoms with Crippen LogP contribution in [0.2, 0.25) is 5.02 Å². The normalized spacial score (nSPS) is 15.9. The van der Waals surface area contributed by atoms with E-state index in [1.165, 1.54) is 0 Å². The monoisotopic (exact) mass is 424 g/mol. The first-order chi connectivity index (χ1) is 14.5. The molecule has 2 amide bonds. The van der Waals surface area contributed by atoms with Gasteiger partial charge >= 0.3 is 0 Å². The van der Waals surface area contributed by atoms with Crippen LogP contribution in [0.15, 0.2) is 54.6 Å². The number of carbonyl (C=O) groups excluding carboxylic acids is 2. The zero-order valence-electron chi connectivity index (χ0n) is 16.9. The van der Waals surface area contributed by atoms with Crippen molar-refractivity contribution in [2.45, 2.75) is 13.0 Å². The molecule has 0 bridgehead atoms. The molecule has 1 aliphatic rings. The molecule has 6 nitrogen and oxygen atoms in total. The Morgan fingerprint density at radius 1 is 1.07 bits per heavy atom. The lowest BCUT2D eigenvalue weighted by atomic mass is 10.1.